The molecule has 7 heteroatoms. The average molecular weight is 421 g/mol. The molecule has 1 N–H and O–H groups in total. The third kappa shape index (κ3) is 4.99. The number of aryl methyl sites for hydroxylation is 1. The van der Waals surface area contributed by atoms with Crippen LogP contribution in [0, 0.1) is 13.8 Å². The maximum atomic E-state index is 13.2. The van der Waals surface area contributed by atoms with Crippen LogP contribution in [0.4, 0.5) is 5.69 Å². The molecule has 0 aliphatic rings. The van der Waals surface area contributed by atoms with E-state index < -0.39 is 0 Å². The van der Waals surface area contributed by atoms with Crippen molar-refractivity contribution in [2.24, 2.45) is 0 Å². The number of hydrogen-bond donors (Lipinski definition) is 1. The van der Waals surface area contributed by atoms with Crippen molar-refractivity contribution in [3.8, 4) is 0 Å². The smallest absolute Gasteiger partial charge is 0.269 e. The van der Waals surface area contributed by atoms with Crippen molar-refractivity contribution in [1.29, 1.82) is 0 Å². The van der Waals surface area contributed by atoms with Crippen LogP contribution < -0.4 is 10.9 Å². The lowest BCUT2D eigenvalue weighted by atomic mass is 10.1. The van der Waals surface area contributed by atoms with Crippen molar-refractivity contribution in [3.05, 3.63) is 70.1 Å². The van der Waals surface area contributed by atoms with Crippen LogP contribution in [0.15, 0.2) is 53.5 Å². The van der Waals surface area contributed by atoms with E-state index in [0.717, 1.165) is 16.8 Å². The number of carbonyl (C=O) groups excluding carboxylic acids is 2. The molecular weight excluding hydrogens is 392 g/mol. The third-order valence-corrected chi connectivity index (χ3v) is 5.68. The highest BCUT2D eigenvalue weighted by molar-refractivity contribution is 5.95. The Labute approximate surface area is 181 Å². The van der Waals surface area contributed by atoms with Gasteiger partial charge in [0.15, 0.2) is 0 Å². The summed E-state index contributed by atoms with van der Waals surface area (Å²) < 4.78 is 1.41. The Bertz CT molecular complexity index is 1170. The van der Waals surface area contributed by atoms with Crippen molar-refractivity contribution in [2.45, 2.75) is 46.7 Å². The topological polar surface area (TPSA) is 84.3 Å². The number of para-hydroxylation sites is 2. The Kier molecular flexibility index (Phi) is 6.84. The SMILES string of the molecule is CCC(C)N(CC(=O)Nc1cccc(C)c1C)C(=O)Cn1c(=O)cnc2ccccc21. The van der Waals surface area contributed by atoms with Gasteiger partial charge in [-0.25, -0.2) is 4.98 Å². The Balaban J connectivity index is 1.82. The summed E-state index contributed by atoms with van der Waals surface area (Å²) in [6.45, 7) is 7.56. The Morgan fingerprint density at radius 2 is 1.87 bits per heavy atom. The molecule has 1 aromatic heterocycles. The van der Waals surface area contributed by atoms with Crippen molar-refractivity contribution >= 4 is 28.5 Å². The second-order valence-corrected chi connectivity index (χ2v) is 7.75. The summed E-state index contributed by atoms with van der Waals surface area (Å²) in [6.07, 6.45) is 1.91. The molecule has 2 aromatic carbocycles. The first-order valence-corrected chi connectivity index (χ1v) is 10.4. The number of fused-ring (bicyclic) bond motifs is 1. The van der Waals surface area contributed by atoms with Gasteiger partial charge >= 0.3 is 0 Å². The van der Waals surface area contributed by atoms with Gasteiger partial charge in [-0.15, -0.1) is 0 Å². The minimum Gasteiger partial charge on any atom is -0.329 e. The maximum Gasteiger partial charge on any atom is 0.269 e. The van der Waals surface area contributed by atoms with Crippen LogP contribution in [0.1, 0.15) is 31.4 Å². The summed E-state index contributed by atoms with van der Waals surface area (Å²) in [5.41, 5.74) is 3.68. The minimum atomic E-state index is -0.351. The molecule has 7 nitrogen and oxygen atoms in total. The summed E-state index contributed by atoms with van der Waals surface area (Å²) in [5, 5.41) is 2.91. The summed E-state index contributed by atoms with van der Waals surface area (Å²) in [6, 6.07) is 12.7. The first kappa shape index (κ1) is 22.2. The predicted molar refractivity (Wildman–Crippen MR) is 122 cm³/mol. The van der Waals surface area contributed by atoms with Crippen molar-refractivity contribution in [2.75, 3.05) is 11.9 Å². The zero-order chi connectivity index (χ0) is 22.5. The van der Waals surface area contributed by atoms with Crippen LogP contribution in [0.25, 0.3) is 11.0 Å². The van der Waals surface area contributed by atoms with E-state index in [4.69, 9.17) is 0 Å². The molecule has 0 saturated carbocycles. The molecule has 1 atom stereocenters. The number of aromatic nitrogens is 2. The fraction of sp³-hybridized carbons (Fsp3) is 0.333. The van der Waals surface area contributed by atoms with E-state index in [1.165, 1.54) is 15.7 Å². The first-order valence-electron chi connectivity index (χ1n) is 10.4. The van der Waals surface area contributed by atoms with E-state index in [2.05, 4.69) is 10.3 Å². The first-order chi connectivity index (χ1) is 14.8. The molecule has 0 radical (unpaired) electrons. The number of hydrogen-bond acceptors (Lipinski definition) is 4. The van der Waals surface area contributed by atoms with E-state index >= 15 is 0 Å². The number of carbonyl (C=O) groups is 2. The standard InChI is InChI=1S/C24H28N4O3/c1-5-17(3)27(14-22(29)26-19-11-8-9-16(2)18(19)4)24(31)15-28-21-12-7-6-10-20(21)25-13-23(28)30/h6-13,17H,5,14-15H2,1-4H3,(H,26,29). The van der Waals surface area contributed by atoms with Crippen LogP contribution >= 0.6 is 0 Å². The highest BCUT2D eigenvalue weighted by atomic mass is 16.2. The Hall–Kier alpha value is -3.48. The van der Waals surface area contributed by atoms with E-state index in [-0.39, 0.29) is 36.5 Å². The molecule has 0 aliphatic heterocycles. The largest absolute Gasteiger partial charge is 0.329 e. The van der Waals surface area contributed by atoms with E-state index in [1.807, 2.05) is 52.0 Å². The second kappa shape index (κ2) is 9.55. The third-order valence-electron chi connectivity index (χ3n) is 5.68. The molecule has 162 valence electrons. The Morgan fingerprint density at radius 3 is 2.61 bits per heavy atom. The second-order valence-electron chi connectivity index (χ2n) is 7.75. The van der Waals surface area contributed by atoms with Crippen molar-refractivity contribution in [3.63, 3.8) is 0 Å². The number of benzene rings is 2. The van der Waals surface area contributed by atoms with Crippen LogP contribution in [-0.2, 0) is 16.1 Å². The van der Waals surface area contributed by atoms with Gasteiger partial charge in [-0.3, -0.25) is 19.0 Å². The van der Waals surface area contributed by atoms with Gasteiger partial charge in [0, 0.05) is 11.7 Å². The van der Waals surface area contributed by atoms with Crippen LogP contribution in [0.5, 0.6) is 0 Å². The normalized spacial score (nSPS) is 11.9. The lowest BCUT2D eigenvalue weighted by Crippen LogP contribution is -2.45. The molecule has 0 aliphatic carbocycles. The summed E-state index contributed by atoms with van der Waals surface area (Å²) in [7, 11) is 0. The fourth-order valence-electron chi connectivity index (χ4n) is 3.45. The lowest BCUT2D eigenvalue weighted by Gasteiger charge is -2.28. The van der Waals surface area contributed by atoms with Gasteiger partial charge < -0.3 is 10.2 Å². The molecular formula is C24H28N4O3. The van der Waals surface area contributed by atoms with E-state index in [9.17, 15) is 14.4 Å². The van der Waals surface area contributed by atoms with E-state index in [0.29, 0.717) is 17.5 Å². The zero-order valence-corrected chi connectivity index (χ0v) is 18.4. The minimum absolute atomic E-state index is 0.0843. The summed E-state index contributed by atoms with van der Waals surface area (Å²) in [5.74, 6) is -0.557. The number of amides is 2. The van der Waals surface area contributed by atoms with E-state index in [1.54, 1.807) is 18.2 Å². The molecule has 0 fully saturated rings. The molecule has 0 spiro atoms. The average Bonchev–Trinajstić information content (AvgIpc) is 2.76. The molecule has 0 saturated heterocycles. The maximum absolute atomic E-state index is 13.2. The van der Waals surface area contributed by atoms with Gasteiger partial charge in [0.1, 0.15) is 13.1 Å². The molecule has 3 aromatic rings. The number of rotatable bonds is 7. The van der Waals surface area contributed by atoms with Gasteiger partial charge in [-0.1, -0.05) is 31.2 Å². The highest BCUT2D eigenvalue weighted by Crippen LogP contribution is 2.18. The monoisotopic (exact) mass is 420 g/mol. The molecule has 2 amide bonds. The highest BCUT2D eigenvalue weighted by Gasteiger charge is 2.23. The van der Waals surface area contributed by atoms with Gasteiger partial charge in [-0.05, 0) is 56.5 Å². The molecule has 3 rings (SSSR count). The van der Waals surface area contributed by atoms with Gasteiger partial charge in [0.2, 0.25) is 11.8 Å². The fourth-order valence-corrected chi connectivity index (χ4v) is 3.45. The molecule has 31 heavy (non-hydrogen) atoms. The zero-order valence-electron chi connectivity index (χ0n) is 18.4. The van der Waals surface area contributed by atoms with Crippen LogP contribution in [-0.4, -0.2) is 38.9 Å². The van der Waals surface area contributed by atoms with Gasteiger partial charge in [-0.2, -0.15) is 0 Å². The van der Waals surface area contributed by atoms with Gasteiger partial charge in [0.25, 0.3) is 5.56 Å². The van der Waals surface area contributed by atoms with Crippen molar-refractivity contribution < 1.29 is 9.59 Å². The molecule has 1 heterocycles. The summed E-state index contributed by atoms with van der Waals surface area (Å²) in [4.78, 5) is 44.0. The van der Waals surface area contributed by atoms with Crippen LogP contribution in [0.3, 0.4) is 0 Å². The predicted octanol–water partition coefficient (Wildman–Crippen LogP) is 3.28. The van der Waals surface area contributed by atoms with Crippen molar-refractivity contribution in [1.82, 2.24) is 14.5 Å². The Morgan fingerprint density at radius 1 is 1.13 bits per heavy atom. The summed E-state index contributed by atoms with van der Waals surface area (Å²) >= 11 is 0. The number of anilines is 1. The molecule has 0 bridgehead atoms. The number of nitrogens with zero attached hydrogens (tertiary/aromatic N) is 3. The quantitative estimate of drug-likeness (QED) is 0.636. The number of nitrogens with one attached hydrogen (secondary N) is 1. The van der Waals surface area contributed by atoms with Gasteiger partial charge in [0.05, 0.1) is 17.2 Å². The molecule has 1 unspecified atom stereocenters. The lowest BCUT2D eigenvalue weighted by molar-refractivity contribution is -0.137. The van der Waals surface area contributed by atoms with Crippen LogP contribution in [0.2, 0.25) is 0 Å².